The topological polar surface area (TPSA) is 123 Å². The van der Waals surface area contributed by atoms with Gasteiger partial charge in [0.05, 0.1) is 13.2 Å². The van der Waals surface area contributed by atoms with Crippen molar-refractivity contribution in [1.29, 1.82) is 0 Å². The first kappa shape index (κ1) is 24.7. The van der Waals surface area contributed by atoms with Crippen LogP contribution in [-0.2, 0) is 23.8 Å². The predicted molar refractivity (Wildman–Crippen MR) is 127 cm³/mol. The summed E-state index contributed by atoms with van der Waals surface area (Å²) in [7, 11) is 1.36. The molecule has 1 heterocycles. The van der Waals surface area contributed by atoms with Crippen LogP contribution in [0.5, 0.6) is 0 Å². The SMILES string of the molecule is CCC(COC)(NC(=O)C1(NC(=O)OCC2c3ccccc3-c3ccccc32)CCOC1)C(=O)O. The molecule has 0 radical (unpaired) electrons. The van der Waals surface area contributed by atoms with Gasteiger partial charge in [0.2, 0.25) is 5.91 Å². The van der Waals surface area contributed by atoms with Crippen LogP contribution >= 0.6 is 0 Å². The summed E-state index contributed by atoms with van der Waals surface area (Å²) in [4.78, 5) is 38.1. The van der Waals surface area contributed by atoms with E-state index in [1.807, 2.05) is 48.5 Å². The van der Waals surface area contributed by atoms with E-state index < -0.39 is 29.0 Å². The molecule has 2 atom stereocenters. The smallest absolute Gasteiger partial charge is 0.408 e. The zero-order valence-electron chi connectivity index (χ0n) is 19.8. The van der Waals surface area contributed by atoms with E-state index in [1.54, 1.807) is 6.92 Å². The number of fused-ring (bicyclic) bond motifs is 3. The van der Waals surface area contributed by atoms with Crippen molar-refractivity contribution in [3.8, 4) is 11.1 Å². The van der Waals surface area contributed by atoms with Gasteiger partial charge in [0.15, 0.2) is 5.54 Å². The second kappa shape index (κ2) is 10.1. The fourth-order valence-corrected chi connectivity index (χ4v) is 4.81. The maximum Gasteiger partial charge on any atom is 0.408 e. The number of rotatable bonds is 9. The van der Waals surface area contributed by atoms with Crippen molar-refractivity contribution in [3.05, 3.63) is 59.7 Å². The molecule has 0 bridgehead atoms. The third kappa shape index (κ3) is 4.61. The number of nitrogens with one attached hydrogen (secondary N) is 2. The number of carbonyl (C=O) groups excluding carboxylic acids is 2. The molecule has 1 aliphatic carbocycles. The molecule has 35 heavy (non-hydrogen) atoms. The average Bonchev–Trinajstić information content (AvgIpc) is 3.46. The highest BCUT2D eigenvalue weighted by atomic mass is 16.6. The van der Waals surface area contributed by atoms with Gasteiger partial charge in [0.1, 0.15) is 12.1 Å². The standard InChI is InChI=1S/C26H30N2O7/c1-3-25(15-33-2,23(30)31)27-22(29)26(12-13-34-16-26)28-24(32)35-14-21-19-10-6-4-8-17(19)18-9-5-7-11-20(18)21/h4-11,21H,3,12-16H2,1-2H3,(H,27,29)(H,28,32)(H,30,31). The Morgan fingerprint density at radius 2 is 1.74 bits per heavy atom. The molecule has 0 aromatic heterocycles. The number of carbonyl (C=O) groups is 3. The molecule has 186 valence electrons. The Kier molecular flexibility index (Phi) is 7.09. The lowest BCUT2D eigenvalue weighted by atomic mass is 9.92. The zero-order valence-corrected chi connectivity index (χ0v) is 19.8. The van der Waals surface area contributed by atoms with Crippen molar-refractivity contribution in [1.82, 2.24) is 10.6 Å². The molecule has 1 fully saturated rings. The van der Waals surface area contributed by atoms with Gasteiger partial charge in [-0.25, -0.2) is 9.59 Å². The molecular weight excluding hydrogens is 452 g/mol. The molecule has 2 aromatic carbocycles. The monoisotopic (exact) mass is 482 g/mol. The maximum atomic E-state index is 13.3. The van der Waals surface area contributed by atoms with Crippen LogP contribution in [0.1, 0.15) is 36.8 Å². The van der Waals surface area contributed by atoms with E-state index in [-0.39, 0.29) is 45.2 Å². The summed E-state index contributed by atoms with van der Waals surface area (Å²) in [6.07, 6.45) is -0.476. The lowest BCUT2D eigenvalue weighted by molar-refractivity contribution is -0.151. The first-order valence-electron chi connectivity index (χ1n) is 11.6. The summed E-state index contributed by atoms with van der Waals surface area (Å²) >= 11 is 0. The molecule has 1 saturated heterocycles. The number of methoxy groups -OCH3 is 1. The average molecular weight is 483 g/mol. The van der Waals surface area contributed by atoms with Crippen molar-refractivity contribution >= 4 is 18.0 Å². The highest BCUT2D eigenvalue weighted by Gasteiger charge is 2.49. The van der Waals surface area contributed by atoms with Crippen LogP contribution in [0.2, 0.25) is 0 Å². The lowest BCUT2D eigenvalue weighted by Gasteiger charge is -2.34. The number of hydrogen-bond donors (Lipinski definition) is 3. The molecule has 1 aliphatic heterocycles. The van der Waals surface area contributed by atoms with E-state index in [2.05, 4.69) is 10.6 Å². The number of amides is 2. The minimum atomic E-state index is -1.62. The summed E-state index contributed by atoms with van der Waals surface area (Å²) < 4.78 is 16.1. The summed E-state index contributed by atoms with van der Waals surface area (Å²) in [5, 5.41) is 15.0. The van der Waals surface area contributed by atoms with Gasteiger partial charge in [-0.1, -0.05) is 55.5 Å². The number of hydrogen-bond acceptors (Lipinski definition) is 6. The summed E-state index contributed by atoms with van der Waals surface area (Å²) in [6, 6.07) is 16.0. The minimum Gasteiger partial charge on any atom is -0.479 e. The highest BCUT2D eigenvalue weighted by molar-refractivity contribution is 5.94. The Morgan fingerprint density at radius 1 is 1.11 bits per heavy atom. The quantitative estimate of drug-likeness (QED) is 0.502. The Labute approximate surface area is 203 Å². The van der Waals surface area contributed by atoms with Crippen LogP contribution in [0.3, 0.4) is 0 Å². The first-order valence-corrected chi connectivity index (χ1v) is 11.6. The molecule has 9 heteroatoms. The fraction of sp³-hybridized carbons (Fsp3) is 0.423. The number of ether oxygens (including phenoxy) is 3. The van der Waals surface area contributed by atoms with Crippen molar-refractivity contribution in [3.63, 3.8) is 0 Å². The number of carboxylic acids is 1. The first-order chi connectivity index (χ1) is 16.9. The second-order valence-corrected chi connectivity index (χ2v) is 8.96. The largest absolute Gasteiger partial charge is 0.479 e. The van der Waals surface area contributed by atoms with Crippen LogP contribution in [0, 0.1) is 0 Å². The molecule has 2 unspecified atom stereocenters. The van der Waals surface area contributed by atoms with Gasteiger partial charge < -0.3 is 30.0 Å². The van der Waals surface area contributed by atoms with E-state index in [1.165, 1.54) is 7.11 Å². The third-order valence-electron chi connectivity index (χ3n) is 6.90. The van der Waals surface area contributed by atoms with Gasteiger partial charge in [-0.05, 0) is 28.7 Å². The normalized spacial score (nSPS) is 20.4. The Morgan fingerprint density at radius 3 is 2.26 bits per heavy atom. The zero-order chi connectivity index (χ0) is 25.1. The van der Waals surface area contributed by atoms with Crippen molar-refractivity contribution < 1.29 is 33.7 Å². The number of carboxylic acid groups (broad SMARTS) is 1. The minimum absolute atomic E-state index is 0.0879. The summed E-state index contributed by atoms with van der Waals surface area (Å²) in [5.41, 5.74) is 1.31. The number of aliphatic carboxylic acids is 1. The summed E-state index contributed by atoms with van der Waals surface area (Å²) in [6.45, 7) is 1.68. The van der Waals surface area contributed by atoms with Gasteiger partial charge in [0.25, 0.3) is 0 Å². The molecular formula is C26H30N2O7. The van der Waals surface area contributed by atoms with E-state index in [0.29, 0.717) is 0 Å². The van der Waals surface area contributed by atoms with Gasteiger partial charge in [-0.2, -0.15) is 0 Å². The number of alkyl carbamates (subject to hydrolysis) is 1. The Hall–Kier alpha value is -3.43. The molecule has 0 saturated carbocycles. The van der Waals surface area contributed by atoms with Crippen LogP contribution < -0.4 is 10.6 Å². The van der Waals surface area contributed by atoms with Gasteiger partial charge in [0, 0.05) is 26.1 Å². The van der Waals surface area contributed by atoms with Gasteiger partial charge in [-0.3, -0.25) is 4.79 Å². The Bertz CT molecular complexity index is 1070. The number of benzene rings is 2. The highest BCUT2D eigenvalue weighted by Crippen LogP contribution is 2.44. The van der Waals surface area contributed by atoms with Crippen molar-refractivity contribution in [2.24, 2.45) is 0 Å². The van der Waals surface area contributed by atoms with Crippen LogP contribution in [0.15, 0.2) is 48.5 Å². The molecule has 0 spiro atoms. The van der Waals surface area contributed by atoms with Crippen LogP contribution in [0.4, 0.5) is 4.79 Å². The lowest BCUT2D eigenvalue weighted by Crippen LogP contribution is -2.66. The van der Waals surface area contributed by atoms with E-state index in [4.69, 9.17) is 14.2 Å². The molecule has 4 rings (SSSR count). The van der Waals surface area contributed by atoms with Crippen molar-refractivity contribution in [2.45, 2.75) is 36.8 Å². The van der Waals surface area contributed by atoms with E-state index >= 15 is 0 Å². The molecule has 9 nitrogen and oxygen atoms in total. The summed E-state index contributed by atoms with van der Waals surface area (Å²) in [5.74, 6) is -1.99. The molecule has 3 N–H and O–H groups in total. The maximum absolute atomic E-state index is 13.3. The van der Waals surface area contributed by atoms with E-state index in [9.17, 15) is 19.5 Å². The predicted octanol–water partition coefficient (Wildman–Crippen LogP) is 2.68. The van der Waals surface area contributed by atoms with Crippen molar-refractivity contribution in [2.75, 3.05) is 33.5 Å². The van der Waals surface area contributed by atoms with Crippen LogP contribution in [0.25, 0.3) is 11.1 Å². The fourth-order valence-electron chi connectivity index (χ4n) is 4.81. The van der Waals surface area contributed by atoms with Crippen LogP contribution in [-0.4, -0.2) is 67.7 Å². The molecule has 2 amide bonds. The second-order valence-electron chi connectivity index (χ2n) is 8.96. The van der Waals surface area contributed by atoms with E-state index in [0.717, 1.165) is 22.3 Å². The molecule has 2 aromatic rings. The van der Waals surface area contributed by atoms with Gasteiger partial charge in [-0.15, -0.1) is 0 Å². The van der Waals surface area contributed by atoms with Gasteiger partial charge >= 0.3 is 12.1 Å². The third-order valence-corrected chi connectivity index (χ3v) is 6.90. The Balaban J connectivity index is 1.47. The molecule has 2 aliphatic rings.